The Morgan fingerprint density at radius 2 is 2.28 bits per heavy atom. The highest BCUT2D eigenvalue weighted by molar-refractivity contribution is 6.17. The normalized spacial score (nSPS) is 10.3. The Morgan fingerprint density at radius 1 is 1.39 bits per heavy atom. The van der Waals surface area contributed by atoms with Crippen LogP contribution >= 0.6 is 11.6 Å². The van der Waals surface area contributed by atoms with Crippen molar-refractivity contribution >= 4 is 23.3 Å². The summed E-state index contributed by atoms with van der Waals surface area (Å²) in [5, 5.41) is 10.8. The van der Waals surface area contributed by atoms with E-state index in [2.05, 4.69) is 15.5 Å². The molecule has 5 nitrogen and oxygen atoms in total. The van der Waals surface area contributed by atoms with Crippen LogP contribution in [0, 0.1) is 0 Å². The molecule has 0 aliphatic carbocycles. The average molecular weight is 268 g/mol. The fourth-order valence-corrected chi connectivity index (χ4v) is 1.60. The first-order valence-electron chi connectivity index (χ1n) is 5.70. The molecule has 0 unspecified atom stereocenters. The summed E-state index contributed by atoms with van der Waals surface area (Å²) in [6.07, 6.45) is 0.565. The van der Waals surface area contributed by atoms with Crippen molar-refractivity contribution in [3.8, 4) is 5.75 Å². The van der Waals surface area contributed by atoms with Crippen molar-refractivity contribution in [2.24, 2.45) is 0 Å². The Kier molecular flexibility index (Phi) is 4.41. The first kappa shape index (κ1) is 12.7. The van der Waals surface area contributed by atoms with Crippen LogP contribution in [0.2, 0.25) is 0 Å². The van der Waals surface area contributed by atoms with Gasteiger partial charge in [0.25, 0.3) is 0 Å². The maximum atomic E-state index is 5.60. The lowest BCUT2D eigenvalue weighted by Crippen LogP contribution is -1.94. The molecule has 0 atom stereocenters. The summed E-state index contributed by atoms with van der Waals surface area (Å²) in [4.78, 5) is 0. The van der Waals surface area contributed by atoms with Gasteiger partial charge in [0.15, 0.2) is 0 Å². The number of aryl methyl sites for hydroxylation is 1. The molecule has 0 fully saturated rings. The Labute approximate surface area is 110 Å². The van der Waals surface area contributed by atoms with E-state index in [1.165, 1.54) is 0 Å². The van der Waals surface area contributed by atoms with E-state index in [4.69, 9.17) is 20.8 Å². The summed E-state index contributed by atoms with van der Waals surface area (Å²) >= 11 is 5.60. The smallest absolute Gasteiger partial charge is 0.320 e. The second-order valence-corrected chi connectivity index (χ2v) is 3.90. The van der Waals surface area contributed by atoms with Crippen LogP contribution in [0.1, 0.15) is 12.8 Å². The minimum Gasteiger partial charge on any atom is -0.494 e. The molecule has 18 heavy (non-hydrogen) atoms. The lowest BCUT2D eigenvalue weighted by atomic mass is 10.3. The molecule has 96 valence electrons. The monoisotopic (exact) mass is 267 g/mol. The lowest BCUT2D eigenvalue weighted by Gasteiger charge is -2.05. The Balaban J connectivity index is 2.05. The first-order chi connectivity index (χ1) is 8.81. The maximum absolute atomic E-state index is 5.60. The van der Waals surface area contributed by atoms with Gasteiger partial charge in [-0.1, -0.05) is 11.2 Å². The van der Waals surface area contributed by atoms with Gasteiger partial charge in [-0.3, -0.25) is 0 Å². The molecular formula is C12H14ClN3O2. The van der Waals surface area contributed by atoms with Gasteiger partial charge in [-0.15, -0.1) is 16.7 Å². The van der Waals surface area contributed by atoms with Crippen LogP contribution in [0.3, 0.4) is 0 Å². The van der Waals surface area contributed by atoms with E-state index in [0.717, 1.165) is 11.4 Å². The highest BCUT2D eigenvalue weighted by Gasteiger charge is 2.05. The van der Waals surface area contributed by atoms with Gasteiger partial charge in [0, 0.05) is 24.1 Å². The molecule has 0 aliphatic heterocycles. The molecule has 0 spiro atoms. The third-order valence-electron chi connectivity index (χ3n) is 2.17. The van der Waals surface area contributed by atoms with Gasteiger partial charge in [-0.2, -0.15) is 0 Å². The largest absolute Gasteiger partial charge is 0.494 e. The number of rotatable bonds is 6. The van der Waals surface area contributed by atoms with Gasteiger partial charge < -0.3 is 14.5 Å². The lowest BCUT2D eigenvalue weighted by molar-refractivity contribution is 0.340. The maximum Gasteiger partial charge on any atom is 0.320 e. The molecule has 0 radical (unpaired) electrons. The summed E-state index contributed by atoms with van der Waals surface area (Å²) in [6.45, 7) is 2.57. The SMILES string of the molecule is CCOc1cccc(Nc2nnc(CCCl)o2)c1. The summed E-state index contributed by atoms with van der Waals surface area (Å²) in [5.74, 6) is 1.78. The number of ether oxygens (including phenoxy) is 1. The van der Waals surface area contributed by atoms with Crippen molar-refractivity contribution in [3.05, 3.63) is 30.2 Å². The second-order valence-electron chi connectivity index (χ2n) is 3.53. The van der Waals surface area contributed by atoms with Gasteiger partial charge in [0.2, 0.25) is 5.89 Å². The summed E-state index contributed by atoms with van der Waals surface area (Å²) < 4.78 is 10.8. The first-order valence-corrected chi connectivity index (χ1v) is 6.23. The number of nitrogens with zero attached hydrogens (tertiary/aromatic N) is 2. The Bertz CT molecular complexity index is 502. The van der Waals surface area contributed by atoms with Gasteiger partial charge in [-0.25, -0.2) is 0 Å². The summed E-state index contributed by atoms with van der Waals surface area (Å²) in [6, 6.07) is 7.90. The number of anilines is 2. The molecule has 2 aromatic rings. The minimum absolute atomic E-state index is 0.351. The number of alkyl halides is 1. The van der Waals surface area contributed by atoms with Crippen LogP contribution < -0.4 is 10.1 Å². The fraction of sp³-hybridized carbons (Fsp3) is 0.333. The number of benzene rings is 1. The van der Waals surface area contributed by atoms with Crippen molar-refractivity contribution in [2.75, 3.05) is 17.8 Å². The van der Waals surface area contributed by atoms with Crippen LogP contribution in [-0.2, 0) is 6.42 Å². The zero-order valence-corrected chi connectivity index (χ0v) is 10.8. The molecule has 0 saturated heterocycles. The molecule has 1 aromatic carbocycles. The summed E-state index contributed by atoms with van der Waals surface area (Å²) in [7, 11) is 0. The minimum atomic E-state index is 0.351. The van der Waals surface area contributed by atoms with E-state index in [0.29, 0.717) is 30.8 Å². The van der Waals surface area contributed by atoms with E-state index in [-0.39, 0.29) is 0 Å². The van der Waals surface area contributed by atoms with Gasteiger partial charge >= 0.3 is 6.01 Å². The van der Waals surface area contributed by atoms with Gasteiger partial charge in [-0.05, 0) is 19.1 Å². The van der Waals surface area contributed by atoms with Crippen molar-refractivity contribution < 1.29 is 9.15 Å². The van der Waals surface area contributed by atoms with Crippen molar-refractivity contribution in [2.45, 2.75) is 13.3 Å². The zero-order valence-electron chi connectivity index (χ0n) is 10.0. The predicted molar refractivity (Wildman–Crippen MR) is 69.6 cm³/mol. The van der Waals surface area contributed by atoms with E-state index in [1.54, 1.807) is 0 Å². The molecular weight excluding hydrogens is 254 g/mol. The van der Waals surface area contributed by atoms with E-state index >= 15 is 0 Å². The van der Waals surface area contributed by atoms with Crippen LogP contribution in [0.25, 0.3) is 0 Å². The molecule has 6 heteroatoms. The third-order valence-corrected chi connectivity index (χ3v) is 2.36. The second kappa shape index (κ2) is 6.26. The molecule has 2 rings (SSSR count). The van der Waals surface area contributed by atoms with Crippen LogP contribution in [-0.4, -0.2) is 22.7 Å². The van der Waals surface area contributed by atoms with Crippen LogP contribution in [0.4, 0.5) is 11.7 Å². The number of hydrogen-bond donors (Lipinski definition) is 1. The molecule has 1 heterocycles. The number of hydrogen-bond acceptors (Lipinski definition) is 5. The standard InChI is InChI=1S/C12H14ClN3O2/c1-2-17-10-5-3-4-9(8-10)14-12-16-15-11(18-12)6-7-13/h3-5,8H,2,6-7H2,1H3,(H,14,16). The Morgan fingerprint density at radius 3 is 3.06 bits per heavy atom. The molecule has 0 amide bonds. The van der Waals surface area contributed by atoms with Crippen molar-refractivity contribution in [1.29, 1.82) is 0 Å². The molecule has 0 bridgehead atoms. The number of nitrogens with one attached hydrogen (secondary N) is 1. The predicted octanol–water partition coefficient (Wildman–Crippen LogP) is 2.99. The topological polar surface area (TPSA) is 60.2 Å². The fourth-order valence-electron chi connectivity index (χ4n) is 1.44. The van der Waals surface area contributed by atoms with Gasteiger partial charge in [0.05, 0.1) is 6.61 Å². The molecule has 1 aromatic heterocycles. The van der Waals surface area contributed by atoms with E-state index in [1.807, 2.05) is 31.2 Å². The number of aromatic nitrogens is 2. The molecule has 1 N–H and O–H groups in total. The Hall–Kier alpha value is -1.75. The van der Waals surface area contributed by atoms with Crippen molar-refractivity contribution in [3.63, 3.8) is 0 Å². The highest BCUT2D eigenvalue weighted by Crippen LogP contribution is 2.20. The van der Waals surface area contributed by atoms with Crippen molar-refractivity contribution in [1.82, 2.24) is 10.2 Å². The van der Waals surface area contributed by atoms with Crippen LogP contribution in [0.15, 0.2) is 28.7 Å². The van der Waals surface area contributed by atoms with E-state index in [9.17, 15) is 0 Å². The van der Waals surface area contributed by atoms with Gasteiger partial charge in [0.1, 0.15) is 5.75 Å². The quantitative estimate of drug-likeness (QED) is 0.816. The third kappa shape index (κ3) is 3.37. The summed E-state index contributed by atoms with van der Waals surface area (Å²) in [5.41, 5.74) is 0.835. The van der Waals surface area contributed by atoms with Crippen LogP contribution in [0.5, 0.6) is 5.75 Å². The molecule has 0 saturated carbocycles. The van der Waals surface area contributed by atoms with E-state index < -0.39 is 0 Å². The zero-order chi connectivity index (χ0) is 12.8. The highest BCUT2D eigenvalue weighted by atomic mass is 35.5. The molecule has 0 aliphatic rings. The number of halogens is 1. The average Bonchev–Trinajstić information content (AvgIpc) is 2.78.